The molecule has 3 N–H and O–H groups in total. The predicted molar refractivity (Wildman–Crippen MR) is 84.8 cm³/mol. The predicted octanol–water partition coefficient (Wildman–Crippen LogP) is 1.51. The molecule has 9 heteroatoms. The summed E-state index contributed by atoms with van der Waals surface area (Å²) in [4.78, 5) is 24.3. The summed E-state index contributed by atoms with van der Waals surface area (Å²) in [5, 5.41) is 6.40. The van der Waals surface area contributed by atoms with Crippen LogP contribution in [0.15, 0.2) is 41.1 Å². The molecule has 122 valence electrons. The SMILES string of the molecule is COCc1ncc(-c2noc(C(=O)Nc3ccccc3)n2)c(N)n1. The standard InChI is InChI=1S/C15H14N6O3/c1-23-8-11-17-7-10(12(16)19-11)13-20-15(24-21-13)14(22)18-9-5-3-2-4-6-9/h2-7H,8H2,1H3,(H,18,22)(H2,16,17,19). The van der Waals surface area contributed by atoms with E-state index in [4.69, 9.17) is 15.0 Å². The molecule has 3 aromatic rings. The quantitative estimate of drug-likeness (QED) is 0.721. The zero-order valence-electron chi connectivity index (χ0n) is 12.8. The fourth-order valence-corrected chi connectivity index (χ4v) is 1.94. The van der Waals surface area contributed by atoms with Crippen LogP contribution in [0, 0.1) is 0 Å². The van der Waals surface area contributed by atoms with E-state index in [1.807, 2.05) is 6.07 Å². The van der Waals surface area contributed by atoms with Gasteiger partial charge in [-0.25, -0.2) is 9.97 Å². The van der Waals surface area contributed by atoms with Gasteiger partial charge in [-0.3, -0.25) is 4.79 Å². The molecule has 1 amide bonds. The highest BCUT2D eigenvalue weighted by molar-refractivity contribution is 6.01. The highest BCUT2D eigenvalue weighted by atomic mass is 16.5. The summed E-state index contributed by atoms with van der Waals surface area (Å²) in [7, 11) is 1.53. The minimum absolute atomic E-state index is 0.134. The van der Waals surface area contributed by atoms with Crippen molar-refractivity contribution < 1.29 is 14.1 Å². The molecule has 0 saturated carbocycles. The molecule has 0 bridgehead atoms. The number of methoxy groups -OCH3 is 1. The summed E-state index contributed by atoms with van der Waals surface area (Å²) < 4.78 is 9.91. The average molecular weight is 326 g/mol. The van der Waals surface area contributed by atoms with E-state index in [9.17, 15) is 4.79 Å². The molecule has 2 aromatic heterocycles. The van der Waals surface area contributed by atoms with Gasteiger partial charge in [0.05, 0.1) is 5.56 Å². The number of hydrogen-bond acceptors (Lipinski definition) is 8. The Labute approximate surface area is 136 Å². The first-order valence-corrected chi connectivity index (χ1v) is 6.98. The van der Waals surface area contributed by atoms with Crippen molar-refractivity contribution in [1.82, 2.24) is 20.1 Å². The number of aromatic nitrogens is 4. The number of para-hydroxylation sites is 1. The second-order valence-corrected chi connectivity index (χ2v) is 4.76. The molecule has 0 aliphatic carbocycles. The highest BCUT2D eigenvalue weighted by Gasteiger charge is 2.18. The number of ether oxygens (including phenoxy) is 1. The Balaban J connectivity index is 1.79. The Morgan fingerprint density at radius 3 is 2.79 bits per heavy atom. The maximum absolute atomic E-state index is 12.1. The van der Waals surface area contributed by atoms with Crippen LogP contribution in [0.4, 0.5) is 11.5 Å². The van der Waals surface area contributed by atoms with Crippen LogP contribution in [0.2, 0.25) is 0 Å². The minimum Gasteiger partial charge on any atom is -0.383 e. The van der Waals surface area contributed by atoms with Gasteiger partial charge in [0.1, 0.15) is 12.4 Å². The summed E-state index contributed by atoms with van der Waals surface area (Å²) in [6.45, 7) is 0.238. The lowest BCUT2D eigenvalue weighted by Crippen LogP contribution is -2.12. The van der Waals surface area contributed by atoms with Crippen molar-refractivity contribution in [1.29, 1.82) is 0 Å². The first-order chi connectivity index (χ1) is 11.7. The van der Waals surface area contributed by atoms with Gasteiger partial charge in [-0.1, -0.05) is 23.4 Å². The lowest BCUT2D eigenvalue weighted by atomic mass is 10.3. The van der Waals surface area contributed by atoms with E-state index < -0.39 is 5.91 Å². The molecule has 0 fully saturated rings. The Morgan fingerprint density at radius 2 is 2.08 bits per heavy atom. The number of carbonyl (C=O) groups excluding carboxylic acids is 1. The highest BCUT2D eigenvalue weighted by Crippen LogP contribution is 2.21. The van der Waals surface area contributed by atoms with Gasteiger partial charge in [0.2, 0.25) is 5.82 Å². The maximum Gasteiger partial charge on any atom is 0.316 e. The van der Waals surface area contributed by atoms with Crippen molar-refractivity contribution in [2.24, 2.45) is 0 Å². The molecule has 3 rings (SSSR count). The molecular weight excluding hydrogens is 312 g/mol. The fourth-order valence-electron chi connectivity index (χ4n) is 1.94. The van der Waals surface area contributed by atoms with E-state index in [0.29, 0.717) is 17.1 Å². The summed E-state index contributed by atoms with van der Waals surface area (Å²) in [5.74, 6) is 0.0384. The van der Waals surface area contributed by atoms with Crippen LogP contribution in [-0.4, -0.2) is 33.1 Å². The topological polar surface area (TPSA) is 129 Å². The van der Waals surface area contributed by atoms with Crippen LogP contribution in [0.25, 0.3) is 11.4 Å². The van der Waals surface area contributed by atoms with Crippen molar-refractivity contribution in [3.05, 3.63) is 48.2 Å². The van der Waals surface area contributed by atoms with E-state index in [2.05, 4.69) is 25.4 Å². The van der Waals surface area contributed by atoms with Gasteiger partial charge in [-0.2, -0.15) is 4.98 Å². The zero-order chi connectivity index (χ0) is 16.9. The number of amides is 1. The zero-order valence-corrected chi connectivity index (χ0v) is 12.8. The number of rotatable bonds is 5. The number of carbonyl (C=O) groups is 1. The number of anilines is 2. The molecule has 9 nitrogen and oxygen atoms in total. The first-order valence-electron chi connectivity index (χ1n) is 6.98. The Kier molecular flexibility index (Phi) is 4.43. The second kappa shape index (κ2) is 6.84. The largest absolute Gasteiger partial charge is 0.383 e. The fraction of sp³-hybridized carbons (Fsp3) is 0.133. The first kappa shape index (κ1) is 15.6. The number of nitrogen functional groups attached to an aromatic ring is 1. The van der Waals surface area contributed by atoms with Crippen LogP contribution >= 0.6 is 0 Å². The lowest BCUT2D eigenvalue weighted by molar-refractivity contribution is 0.0981. The average Bonchev–Trinajstić information content (AvgIpc) is 3.06. The van der Waals surface area contributed by atoms with Gasteiger partial charge in [0.15, 0.2) is 5.82 Å². The smallest absolute Gasteiger partial charge is 0.316 e. The number of hydrogen-bond donors (Lipinski definition) is 2. The lowest BCUT2D eigenvalue weighted by Gasteiger charge is -2.02. The summed E-state index contributed by atoms with van der Waals surface area (Å²) in [5.41, 5.74) is 6.86. The van der Waals surface area contributed by atoms with E-state index in [-0.39, 0.29) is 24.1 Å². The minimum atomic E-state index is -0.518. The number of nitrogens with one attached hydrogen (secondary N) is 1. The van der Waals surface area contributed by atoms with Crippen molar-refractivity contribution in [3.63, 3.8) is 0 Å². The molecule has 0 saturated heterocycles. The van der Waals surface area contributed by atoms with Crippen LogP contribution < -0.4 is 11.1 Å². The number of benzene rings is 1. The maximum atomic E-state index is 12.1. The van der Waals surface area contributed by atoms with Crippen LogP contribution in [0.5, 0.6) is 0 Å². The summed E-state index contributed by atoms with van der Waals surface area (Å²) >= 11 is 0. The Hall–Kier alpha value is -3.33. The van der Waals surface area contributed by atoms with E-state index in [0.717, 1.165) is 0 Å². The van der Waals surface area contributed by atoms with E-state index in [1.165, 1.54) is 13.3 Å². The molecule has 0 unspecified atom stereocenters. The summed E-state index contributed by atoms with van der Waals surface area (Å²) in [6, 6.07) is 8.93. The van der Waals surface area contributed by atoms with E-state index >= 15 is 0 Å². The van der Waals surface area contributed by atoms with Crippen LogP contribution in [0.3, 0.4) is 0 Å². The molecule has 0 radical (unpaired) electrons. The molecule has 2 heterocycles. The third kappa shape index (κ3) is 3.36. The van der Waals surface area contributed by atoms with Crippen LogP contribution in [0.1, 0.15) is 16.5 Å². The van der Waals surface area contributed by atoms with Gasteiger partial charge in [-0.15, -0.1) is 0 Å². The van der Waals surface area contributed by atoms with Crippen molar-refractivity contribution >= 4 is 17.4 Å². The van der Waals surface area contributed by atoms with Gasteiger partial charge < -0.3 is 20.3 Å². The number of nitrogens with two attached hydrogens (primary N) is 1. The third-order valence-electron chi connectivity index (χ3n) is 3.03. The molecule has 24 heavy (non-hydrogen) atoms. The monoisotopic (exact) mass is 326 g/mol. The number of nitrogens with zero attached hydrogens (tertiary/aromatic N) is 4. The Morgan fingerprint density at radius 1 is 1.29 bits per heavy atom. The molecule has 0 aliphatic heterocycles. The van der Waals surface area contributed by atoms with Crippen molar-refractivity contribution in [3.8, 4) is 11.4 Å². The van der Waals surface area contributed by atoms with Crippen molar-refractivity contribution in [2.75, 3.05) is 18.2 Å². The van der Waals surface area contributed by atoms with Gasteiger partial charge >= 0.3 is 11.8 Å². The molecule has 0 atom stereocenters. The van der Waals surface area contributed by atoms with Crippen LogP contribution in [-0.2, 0) is 11.3 Å². The second-order valence-electron chi connectivity index (χ2n) is 4.76. The molecule has 1 aromatic carbocycles. The van der Waals surface area contributed by atoms with Gasteiger partial charge in [-0.05, 0) is 12.1 Å². The van der Waals surface area contributed by atoms with Gasteiger partial charge in [0, 0.05) is 19.0 Å². The van der Waals surface area contributed by atoms with E-state index in [1.54, 1.807) is 24.3 Å². The third-order valence-corrected chi connectivity index (χ3v) is 3.03. The Bertz CT molecular complexity index is 849. The van der Waals surface area contributed by atoms with Gasteiger partial charge in [0.25, 0.3) is 0 Å². The summed E-state index contributed by atoms with van der Waals surface area (Å²) in [6.07, 6.45) is 1.46. The van der Waals surface area contributed by atoms with Crippen molar-refractivity contribution in [2.45, 2.75) is 6.61 Å². The normalized spacial score (nSPS) is 10.5. The molecule has 0 aliphatic rings. The molecule has 0 spiro atoms. The molecular formula is C15H14N6O3.